The molecule has 0 aliphatic rings. The zero-order chi connectivity index (χ0) is 13.0. The molecule has 0 aliphatic heterocycles. The Bertz CT molecular complexity index is 503. The third-order valence-corrected chi connectivity index (χ3v) is 2.73. The van der Waals surface area contributed by atoms with Crippen LogP contribution in [0.5, 0.6) is 0 Å². The van der Waals surface area contributed by atoms with Crippen LogP contribution in [-0.2, 0) is 6.54 Å². The number of carbonyl (C=O) groups is 1. The molecule has 7 nitrogen and oxygen atoms in total. The van der Waals surface area contributed by atoms with Gasteiger partial charge in [0.1, 0.15) is 12.2 Å². The number of nitrogens with zero attached hydrogens (tertiary/aromatic N) is 4. The minimum atomic E-state index is -0.166. The van der Waals surface area contributed by atoms with Crippen LogP contribution < -0.4 is 5.32 Å². The van der Waals surface area contributed by atoms with Crippen LogP contribution in [-0.4, -0.2) is 30.9 Å². The number of hydrogen-bond donors (Lipinski definition) is 2. The van der Waals surface area contributed by atoms with Gasteiger partial charge in [0.15, 0.2) is 0 Å². The van der Waals surface area contributed by atoms with Crippen LogP contribution in [0.4, 0.5) is 0 Å². The number of amides is 1. The lowest BCUT2D eigenvalue weighted by Gasteiger charge is -2.16. The Kier molecular flexibility index (Phi) is 3.71. The van der Waals surface area contributed by atoms with Gasteiger partial charge in [-0.25, -0.2) is 9.67 Å². The summed E-state index contributed by atoms with van der Waals surface area (Å²) < 4.78 is 1.78. The lowest BCUT2D eigenvalue weighted by Crippen LogP contribution is -2.30. The van der Waals surface area contributed by atoms with E-state index in [1.54, 1.807) is 10.9 Å². The molecule has 96 valence electrons. The minimum Gasteiger partial charge on any atom is -0.342 e. The molecular weight excluding hydrogens is 232 g/mol. The predicted molar refractivity (Wildman–Crippen MR) is 64.8 cm³/mol. The maximum Gasteiger partial charge on any atom is 0.255 e. The van der Waals surface area contributed by atoms with Crippen LogP contribution in [0.15, 0.2) is 18.7 Å². The highest BCUT2D eigenvalue weighted by molar-refractivity contribution is 5.93. The van der Waals surface area contributed by atoms with Gasteiger partial charge in [-0.1, -0.05) is 6.92 Å². The average molecular weight is 248 g/mol. The Morgan fingerprint density at radius 3 is 3.00 bits per heavy atom. The summed E-state index contributed by atoms with van der Waals surface area (Å²) in [5.41, 5.74) is 0.510. The largest absolute Gasteiger partial charge is 0.342 e. The maximum atomic E-state index is 11.9. The van der Waals surface area contributed by atoms with Gasteiger partial charge in [0.2, 0.25) is 0 Å². The first-order valence-corrected chi connectivity index (χ1v) is 5.93. The topological polar surface area (TPSA) is 88.5 Å². The molecular formula is C11H16N6O. The molecule has 2 aromatic heterocycles. The van der Waals surface area contributed by atoms with Crippen LogP contribution >= 0.6 is 0 Å². The lowest BCUT2D eigenvalue weighted by atomic mass is 10.2. The predicted octanol–water partition coefficient (Wildman–Crippen LogP) is 0.902. The summed E-state index contributed by atoms with van der Waals surface area (Å²) in [5.74, 6) is 0.609. The van der Waals surface area contributed by atoms with Gasteiger partial charge in [-0.2, -0.15) is 10.2 Å². The number of nitrogens with one attached hydrogen (secondary N) is 2. The van der Waals surface area contributed by atoms with Crippen LogP contribution in [0, 0.1) is 0 Å². The molecule has 2 N–H and O–H groups in total. The second-order valence-corrected chi connectivity index (χ2v) is 3.86. The third kappa shape index (κ3) is 2.39. The molecule has 0 spiro atoms. The van der Waals surface area contributed by atoms with Gasteiger partial charge < -0.3 is 5.32 Å². The van der Waals surface area contributed by atoms with E-state index < -0.39 is 0 Å². The van der Waals surface area contributed by atoms with E-state index in [-0.39, 0.29) is 11.9 Å². The summed E-state index contributed by atoms with van der Waals surface area (Å²) in [7, 11) is 0. The summed E-state index contributed by atoms with van der Waals surface area (Å²) in [6.07, 6.45) is 5.31. The highest BCUT2D eigenvalue weighted by Gasteiger charge is 2.19. The molecule has 0 radical (unpaired) electrons. The van der Waals surface area contributed by atoms with Crippen molar-refractivity contribution >= 4 is 5.91 Å². The number of aromatic nitrogens is 5. The van der Waals surface area contributed by atoms with E-state index in [0.717, 1.165) is 18.8 Å². The number of aromatic amines is 1. The van der Waals surface area contributed by atoms with Crippen molar-refractivity contribution in [1.29, 1.82) is 0 Å². The van der Waals surface area contributed by atoms with E-state index in [1.165, 1.54) is 12.5 Å². The summed E-state index contributed by atoms with van der Waals surface area (Å²) in [6, 6.07) is -0.144. The lowest BCUT2D eigenvalue weighted by molar-refractivity contribution is 0.0933. The van der Waals surface area contributed by atoms with Crippen LogP contribution in [0.2, 0.25) is 0 Å². The Hall–Kier alpha value is -2.18. The van der Waals surface area contributed by atoms with Gasteiger partial charge in [0.05, 0.1) is 17.8 Å². The third-order valence-electron chi connectivity index (χ3n) is 2.73. The van der Waals surface area contributed by atoms with E-state index in [9.17, 15) is 4.79 Å². The van der Waals surface area contributed by atoms with Crippen molar-refractivity contribution in [2.24, 2.45) is 0 Å². The highest BCUT2D eigenvalue weighted by atomic mass is 16.1. The molecule has 0 saturated heterocycles. The first-order valence-electron chi connectivity index (χ1n) is 5.93. The molecule has 0 fully saturated rings. The Morgan fingerprint density at radius 1 is 1.56 bits per heavy atom. The molecule has 2 rings (SSSR count). The number of carbonyl (C=O) groups excluding carboxylic acids is 1. The summed E-state index contributed by atoms with van der Waals surface area (Å²) in [5, 5.41) is 13.4. The standard InChI is InChI=1S/C11H16N6O/c1-3-9(10-12-7-15-17(10)4-2)16-11(18)8-5-13-14-6-8/h5-7,9H,3-4H2,1-2H3,(H,13,14)(H,16,18)/t9-/m0/s1. The van der Waals surface area contributed by atoms with Crippen molar-refractivity contribution in [3.8, 4) is 0 Å². The van der Waals surface area contributed by atoms with E-state index in [2.05, 4.69) is 25.6 Å². The smallest absolute Gasteiger partial charge is 0.255 e. The zero-order valence-electron chi connectivity index (χ0n) is 10.4. The molecule has 0 bridgehead atoms. The van der Waals surface area contributed by atoms with Crippen LogP contribution in [0.3, 0.4) is 0 Å². The van der Waals surface area contributed by atoms with Crippen molar-refractivity contribution in [2.45, 2.75) is 32.9 Å². The fourth-order valence-electron chi connectivity index (χ4n) is 1.75. The molecule has 2 heterocycles. The van der Waals surface area contributed by atoms with Gasteiger partial charge >= 0.3 is 0 Å². The highest BCUT2D eigenvalue weighted by Crippen LogP contribution is 2.14. The monoisotopic (exact) mass is 248 g/mol. The summed E-state index contributed by atoms with van der Waals surface area (Å²) >= 11 is 0. The first-order chi connectivity index (χ1) is 8.76. The SMILES string of the molecule is CC[C@H](NC(=O)c1cn[nH]c1)c1ncnn1CC. The van der Waals surface area contributed by atoms with Crippen molar-refractivity contribution in [3.05, 3.63) is 30.1 Å². The van der Waals surface area contributed by atoms with Gasteiger partial charge in [-0.3, -0.25) is 9.89 Å². The zero-order valence-corrected chi connectivity index (χ0v) is 10.4. The Balaban J connectivity index is 2.13. The molecule has 1 atom stereocenters. The second kappa shape index (κ2) is 5.44. The number of aryl methyl sites for hydroxylation is 1. The van der Waals surface area contributed by atoms with E-state index >= 15 is 0 Å². The summed E-state index contributed by atoms with van der Waals surface area (Å²) in [4.78, 5) is 16.1. The molecule has 1 amide bonds. The van der Waals surface area contributed by atoms with Crippen LogP contribution in [0.1, 0.15) is 42.5 Å². The second-order valence-electron chi connectivity index (χ2n) is 3.86. The average Bonchev–Trinajstić information content (AvgIpc) is 3.05. The van der Waals surface area contributed by atoms with Gasteiger partial charge in [0.25, 0.3) is 5.91 Å². The van der Waals surface area contributed by atoms with E-state index in [0.29, 0.717) is 5.56 Å². The molecule has 0 aliphatic carbocycles. The number of rotatable bonds is 5. The van der Waals surface area contributed by atoms with Crippen molar-refractivity contribution in [3.63, 3.8) is 0 Å². The fourth-order valence-corrected chi connectivity index (χ4v) is 1.75. The molecule has 7 heteroatoms. The van der Waals surface area contributed by atoms with E-state index in [1.807, 2.05) is 13.8 Å². The van der Waals surface area contributed by atoms with Gasteiger partial charge in [0, 0.05) is 12.7 Å². The van der Waals surface area contributed by atoms with Crippen molar-refractivity contribution in [1.82, 2.24) is 30.3 Å². The van der Waals surface area contributed by atoms with Crippen molar-refractivity contribution < 1.29 is 4.79 Å². The van der Waals surface area contributed by atoms with Gasteiger partial charge in [-0.15, -0.1) is 0 Å². The Labute approximate surface area is 105 Å². The number of hydrogen-bond acceptors (Lipinski definition) is 4. The van der Waals surface area contributed by atoms with Crippen LogP contribution in [0.25, 0.3) is 0 Å². The molecule has 0 unspecified atom stereocenters. The van der Waals surface area contributed by atoms with Gasteiger partial charge in [-0.05, 0) is 13.3 Å². The van der Waals surface area contributed by atoms with E-state index in [4.69, 9.17) is 0 Å². The minimum absolute atomic E-state index is 0.144. The fraction of sp³-hybridized carbons (Fsp3) is 0.455. The maximum absolute atomic E-state index is 11.9. The molecule has 18 heavy (non-hydrogen) atoms. The quantitative estimate of drug-likeness (QED) is 0.822. The normalized spacial score (nSPS) is 12.3. The summed E-state index contributed by atoms with van der Waals surface area (Å²) in [6.45, 7) is 4.71. The number of H-pyrrole nitrogens is 1. The first kappa shape index (κ1) is 12.3. The molecule has 0 saturated carbocycles. The Morgan fingerprint density at radius 2 is 2.39 bits per heavy atom. The molecule has 0 aromatic carbocycles. The molecule has 2 aromatic rings. The van der Waals surface area contributed by atoms with Crippen molar-refractivity contribution in [2.75, 3.05) is 0 Å².